The minimum absolute atomic E-state index is 0.0504. The zero-order valence-electron chi connectivity index (χ0n) is 9.11. The fourth-order valence-electron chi connectivity index (χ4n) is 1.48. The third kappa shape index (κ3) is 3.53. The zero-order valence-corrected chi connectivity index (χ0v) is 9.11. The first-order valence-corrected chi connectivity index (χ1v) is 5.18. The SMILES string of the molecule is CC(F)c1ccc(O)c(CCCC(=O)O)c1. The molecule has 0 heterocycles. The molecule has 1 aromatic rings. The van der Waals surface area contributed by atoms with Gasteiger partial charge in [-0.1, -0.05) is 6.07 Å². The number of carboxylic acids is 1. The van der Waals surface area contributed by atoms with Crippen LogP contribution >= 0.6 is 0 Å². The lowest BCUT2D eigenvalue weighted by molar-refractivity contribution is -0.137. The van der Waals surface area contributed by atoms with Crippen LogP contribution in [0.3, 0.4) is 0 Å². The average Bonchev–Trinajstić information content (AvgIpc) is 2.20. The van der Waals surface area contributed by atoms with Gasteiger partial charge in [-0.05, 0) is 43.0 Å². The van der Waals surface area contributed by atoms with Gasteiger partial charge in [-0.2, -0.15) is 0 Å². The van der Waals surface area contributed by atoms with Crippen LogP contribution in [0.4, 0.5) is 4.39 Å². The third-order valence-electron chi connectivity index (χ3n) is 2.40. The number of phenolic OH excluding ortho intramolecular Hbond substituents is 1. The molecule has 0 aliphatic rings. The summed E-state index contributed by atoms with van der Waals surface area (Å²) in [5.74, 6) is -0.774. The molecule has 4 heteroatoms. The van der Waals surface area contributed by atoms with Crippen molar-refractivity contribution in [3.8, 4) is 5.75 Å². The minimum Gasteiger partial charge on any atom is -0.508 e. The van der Waals surface area contributed by atoms with Crippen LogP contribution in [0.25, 0.3) is 0 Å². The molecule has 16 heavy (non-hydrogen) atoms. The fraction of sp³-hybridized carbons (Fsp3) is 0.417. The van der Waals surface area contributed by atoms with Crippen LogP contribution in [0.5, 0.6) is 5.75 Å². The Balaban J connectivity index is 2.70. The van der Waals surface area contributed by atoms with Crippen LogP contribution in [-0.2, 0) is 11.2 Å². The van der Waals surface area contributed by atoms with E-state index in [4.69, 9.17) is 5.11 Å². The lowest BCUT2D eigenvalue weighted by atomic mass is 10.0. The van der Waals surface area contributed by atoms with Crippen molar-refractivity contribution in [1.29, 1.82) is 0 Å². The van der Waals surface area contributed by atoms with E-state index in [0.717, 1.165) is 0 Å². The Labute approximate surface area is 93.5 Å². The number of carbonyl (C=O) groups is 1. The molecule has 1 aromatic carbocycles. The van der Waals surface area contributed by atoms with Crippen LogP contribution in [0.15, 0.2) is 18.2 Å². The van der Waals surface area contributed by atoms with Crippen molar-refractivity contribution in [3.05, 3.63) is 29.3 Å². The van der Waals surface area contributed by atoms with Crippen LogP contribution < -0.4 is 0 Å². The Kier molecular flexibility index (Phi) is 4.28. The molecule has 3 nitrogen and oxygen atoms in total. The summed E-state index contributed by atoms with van der Waals surface area (Å²) < 4.78 is 13.0. The molecule has 1 atom stereocenters. The molecule has 0 saturated carbocycles. The summed E-state index contributed by atoms with van der Waals surface area (Å²) in [7, 11) is 0. The van der Waals surface area contributed by atoms with Crippen molar-refractivity contribution in [2.45, 2.75) is 32.4 Å². The second kappa shape index (κ2) is 5.49. The fourth-order valence-corrected chi connectivity index (χ4v) is 1.48. The largest absolute Gasteiger partial charge is 0.508 e. The molecule has 0 spiro atoms. The van der Waals surface area contributed by atoms with Gasteiger partial charge in [0.15, 0.2) is 0 Å². The first kappa shape index (κ1) is 12.5. The second-order valence-corrected chi connectivity index (χ2v) is 3.75. The molecule has 0 amide bonds. The number of carboxylic acid groups (broad SMARTS) is 1. The summed E-state index contributed by atoms with van der Waals surface area (Å²) in [6, 6.07) is 4.56. The van der Waals surface area contributed by atoms with Gasteiger partial charge in [0.2, 0.25) is 0 Å². The number of hydrogen-bond donors (Lipinski definition) is 2. The molecule has 0 aromatic heterocycles. The van der Waals surface area contributed by atoms with Gasteiger partial charge < -0.3 is 10.2 Å². The Morgan fingerprint density at radius 3 is 2.75 bits per heavy atom. The maximum Gasteiger partial charge on any atom is 0.303 e. The number of aromatic hydroxyl groups is 1. The quantitative estimate of drug-likeness (QED) is 0.811. The predicted octanol–water partition coefficient (Wildman–Crippen LogP) is 2.83. The van der Waals surface area contributed by atoms with Gasteiger partial charge in [-0.15, -0.1) is 0 Å². The number of hydrogen-bond acceptors (Lipinski definition) is 2. The molecule has 0 fully saturated rings. The maximum absolute atomic E-state index is 13.0. The topological polar surface area (TPSA) is 57.5 Å². The highest BCUT2D eigenvalue weighted by atomic mass is 19.1. The van der Waals surface area contributed by atoms with Gasteiger partial charge in [0.1, 0.15) is 11.9 Å². The van der Waals surface area contributed by atoms with E-state index in [2.05, 4.69) is 0 Å². The molecular formula is C12H15FO3. The zero-order chi connectivity index (χ0) is 12.1. The van der Waals surface area contributed by atoms with Crippen LogP contribution in [-0.4, -0.2) is 16.2 Å². The summed E-state index contributed by atoms with van der Waals surface area (Å²) in [5.41, 5.74) is 1.10. The van der Waals surface area contributed by atoms with E-state index in [0.29, 0.717) is 24.0 Å². The van der Waals surface area contributed by atoms with Crippen LogP contribution in [0, 0.1) is 0 Å². The first-order valence-electron chi connectivity index (χ1n) is 5.18. The molecule has 0 bridgehead atoms. The van der Waals surface area contributed by atoms with Gasteiger partial charge >= 0.3 is 5.97 Å². The number of aryl methyl sites for hydroxylation is 1. The second-order valence-electron chi connectivity index (χ2n) is 3.75. The Morgan fingerprint density at radius 2 is 2.19 bits per heavy atom. The third-order valence-corrected chi connectivity index (χ3v) is 2.40. The smallest absolute Gasteiger partial charge is 0.303 e. The molecule has 0 aliphatic heterocycles. The van der Waals surface area contributed by atoms with Gasteiger partial charge in [-0.25, -0.2) is 4.39 Å². The van der Waals surface area contributed by atoms with Gasteiger partial charge in [0.25, 0.3) is 0 Å². The van der Waals surface area contributed by atoms with E-state index in [1.807, 2.05) is 0 Å². The van der Waals surface area contributed by atoms with Crippen molar-refractivity contribution in [3.63, 3.8) is 0 Å². The minimum atomic E-state index is -1.08. The van der Waals surface area contributed by atoms with Crippen molar-refractivity contribution in [2.75, 3.05) is 0 Å². The van der Waals surface area contributed by atoms with Crippen LogP contribution in [0.2, 0.25) is 0 Å². The van der Waals surface area contributed by atoms with Crippen molar-refractivity contribution in [1.82, 2.24) is 0 Å². The molecule has 0 saturated heterocycles. The van der Waals surface area contributed by atoms with Gasteiger partial charge in [-0.3, -0.25) is 4.79 Å². The van der Waals surface area contributed by atoms with Gasteiger partial charge in [0.05, 0.1) is 0 Å². The van der Waals surface area contributed by atoms with E-state index >= 15 is 0 Å². The molecule has 0 radical (unpaired) electrons. The number of rotatable bonds is 5. The van der Waals surface area contributed by atoms with E-state index < -0.39 is 12.1 Å². The highest BCUT2D eigenvalue weighted by molar-refractivity contribution is 5.66. The lowest BCUT2D eigenvalue weighted by Crippen LogP contribution is -1.97. The van der Waals surface area contributed by atoms with E-state index in [-0.39, 0.29) is 12.2 Å². The number of phenols is 1. The first-order chi connectivity index (χ1) is 7.50. The standard InChI is InChI=1S/C12H15FO3/c1-8(13)9-5-6-11(14)10(7-9)3-2-4-12(15)16/h5-8,14H,2-4H2,1H3,(H,15,16). The number of alkyl halides is 1. The number of benzene rings is 1. The molecule has 1 rings (SSSR count). The van der Waals surface area contributed by atoms with E-state index in [1.54, 1.807) is 6.07 Å². The lowest BCUT2D eigenvalue weighted by Gasteiger charge is -2.08. The average molecular weight is 226 g/mol. The summed E-state index contributed by atoms with van der Waals surface area (Å²) in [6.45, 7) is 1.42. The molecule has 2 N–H and O–H groups in total. The Morgan fingerprint density at radius 1 is 1.50 bits per heavy atom. The van der Waals surface area contributed by atoms with Crippen molar-refractivity contribution >= 4 is 5.97 Å². The predicted molar refractivity (Wildman–Crippen MR) is 58.2 cm³/mol. The molecular weight excluding hydrogens is 211 g/mol. The summed E-state index contributed by atoms with van der Waals surface area (Å²) in [5, 5.41) is 18.0. The number of aliphatic carboxylic acids is 1. The van der Waals surface area contributed by atoms with E-state index in [9.17, 15) is 14.3 Å². The normalized spacial score (nSPS) is 12.4. The number of halogens is 1. The maximum atomic E-state index is 13.0. The molecule has 1 unspecified atom stereocenters. The van der Waals surface area contributed by atoms with Crippen molar-refractivity contribution in [2.24, 2.45) is 0 Å². The molecule has 88 valence electrons. The summed E-state index contributed by atoms with van der Waals surface area (Å²) in [4.78, 5) is 10.3. The van der Waals surface area contributed by atoms with E-state index in [1.165, 1.54) is 19.1 Å². The summed E-state index contributed by atoms with van der Waals surface area (Å²) >= 11 is 0. The van der Waals surface area contributed by atoms with Crippen molar-refractivity contribution < 1.29 is 19.4 Å². The van der Waals surface area contributed by atoms with Crippen LogP contribution in [0.1, 0.15) is 37.1 Å². The highest BCUT2D eigenvalue weighted by Crippen LogP contribution is 2.25. The Hall–Kier alpha value is -1.58. The highest BCUT2D eigenvalue weighted by Gasteiger charge is 2.08. The summed E-state index contributed by atoms with van der Waals surface area (Å²) in [6.07, 6.45) is -0.153. The monoisotopic (exact) mass is 226 g/mol. The van der Waals surface area contributed by atoms with Gasteiger partial charge in [0, 0.05) is 6.42 Å². The Bertz CT molecular complexity index is 375. The molecule has 0 aliphatic carbocycles.